The van der Waals surface area contributed by atoms with Crippen molar-refractivity contribution in [1.29, 1.82) is 0 Å². The summed E-state index contributed by atoms with van der Waals surface area (Å²) < 4.78 is 1.69. The van der Waals surface area contributed by atoms with Crippen LogP contribution in [-0.4, -0.2) is 31.3 Å². The molecular weight excluding hydrogens is 384 g/mol. The molecule has 0 aliphatic rings. The third-order valence-electron chi connectivity index (χ3n) is 3.76. The minimum Gasteiger partial charge on any atom is -0.508 e. The van der Waals surface area contributed by atoms with Gasteiger partial charge < -0.3 is 10.2 Å². The van der Waals surface area contributed by atoms with Crippen molar-refractivity contribution in [3.63, 3.8) is 0 Å². The molecule has 8 heteroatoms. The number of aryl methyl sites for hydroxylation is 1. The highest BCUT2D eigenvalue weighted by molar-refractivity contribution is 7.98. The van der Waals surface area contributed by atoms with Gasteiger partial charge in [0.1, 0.15) is 11.5 Å². The standard InChI is InChI=1S/C19H19ClN4O2S/c1-2-3-18-22-23-19(27-12-13-4-7-15(20)8-5-13)24(18)21-11-14-6-9-16(25)10-17(14)26/h4-11,25-26H,2-3,12H2,1H3/b21-11+. The van der Waals surface area contributed by atoms with Gasteiger partial charge in [-0.1, -0.05) is 42.4 Å². The number of phenols is 2. The van der Waals surface area contributed by atoms with Crippen molar-refractivity contribution in [2.24, 2.45) is 5.10 Å². The molecule has 3 rings (SSSR count). The first-order chi connectivity index (χ1) is 13.1. The van der Waals surface area contributed by atoms with Crippen LogP contribution in [0.25, 0.3) is 0 Å². The van der Waals surface area contributed by atoms with Crippen molar-refractivity contribution < 1.29 is 10.2 Å². The van der Waals surface area contributed by atoms with Crippen LogP contribution >= 0.6 is 23.4 Å². The second-order valence-corrected chi connectivity index (χ2v) is 7.24. The minimum absolute atomic E-state index is 0.000159. The Bertz CT molecular complexity index is 941. The first-order valence-corrected chi connectivity index (χ1v) is 9.81. The van der Waals surface area contributed by atoms with Crippen molar-refractivity contribution in [2.75, 3.05) is 0 Å². The first kappa shape index (κ1) is 19.3. The van der Waals surface area contributed by atoms with Crippen LogP contribution in [0.1, 0.15) is 30.3 Å². The molecule has 0 bridgehead atoms. The molecule has 1 aromatic heterocycles. The van der Waals surface area contributed by atoms with Crippen molar-refractivity contribution >= 4 is 29.6 Å². The van der Waals surface area contributed by atoms with Gasteiger partial charge >= 0.3 is 0 Å². The van der Waals surface area contributed by atoms with Crippen molar-refractivity contribution in [1.82, 2.24) is 14.9 Å². The number of phenolic OH excluding ortho intramolecular Hbond substituents is 2. The van der Waals surface area contributed by atoms with Gasteiger partial charge in [-0.25, -0.2) is 0 Å². The van der Waals surface area contributed by atoms with E-state index in [1.807, 2.05) is 24.3 Å². The van der Waals surface area contributed by atoms with Gasteiger partial charge in [0.15, 0.2) is 5.82 Å². The fourth-order valence-electron chi connectivity index (χ4n) is 2.37. The van der Waals surface area contributed by atoms with E-state index in [-0.39, 0.29) is 11.5 Å². The van der Waals surface area contributed by atoms with Gasteiger partial charge in [0.25, 0.3) is 0 Å². The molecule has 0 amide bonds. The largest absolute Gasteiger partial charge is 0.508 e. The molecule has 0 saturated carbocycles. The summed E-state index contributed by atoms with van der Waals surface area (Å²) in [5.74, 6) is 1.42. The van der Waals surface area contributed by atoms with Gasteiger partial charge in [0.05, 0.1) is 6.21 Å². The van der Waals surface area contributed by atoms with Crippen LogP contribution in [0.3, 0.4) is 0 Å². The Morgan fingerprint density at radius 3 is 2.63 bits per heavy atom. The fourth-order valence-corrected chi connectivity index (χ4v) is 3.36. The maximum Gasteiger partial charge on any atom is 0.212 e. The summed E-state index contributed by atoms with van der Waals surface area (Å²) in [7, 11) is 0. The zero-order chi connectivity index (χ0) is 19.2. The van der Waals surface area contributed by atoms with Crippen LogP contribution in [0.15, 0.2) is 52.7 Å². The average Bonchev–Trinajstić information content (AvgIpc) is 3.03. The second kappa shape index (κ2) is 8.92. The van der Waals surface area contributed by atoms with Crippen molar-refractivity contribution in [3.05, 3.63) is 64.4 Å². The molecule has 0 saturated heterocycles. The highest BCUT2D eigenvalue weighted by Crippen LogP contribution is 2.24. The highest BCUT2D eigenvalue weighted by Gasteiger charge is 2.12. The van der Waals surface area contributed by atoms with Gasteiger partial charge in [0.2, 0.25) is 5.16 Å². The first-order valence-electron chi connectivity index (χ1n) is 8.44. The fraction of sp³-hybridized carbons (Fsp3) is 0.211. The summed E-state index contributed by atoms with van der Waals surface area (Å²) in [5, 5.41) is 33.6. The van der Waals surface area contributed by atoms with Gasteiger partial charge in [-0.15, -0.1) is 10.2 Å². The molecule has 3 aromatic rings. The molecule has 6 nitrogen and oxygen atoms in total. The summed E-state index contributed by atoms with van der Waals surface area (Å²) in [6.07, 6.45) is 3.19. The summed E-state index contributed by atoms with van der Waals surface area (Å²) >= 11 is 7.45. The van der Waals surface area contributed by atoms with Crippen LogP contribution < -0.4 is 0 Å². The number of benzene rings is 2. The summed E-state index contributed by atoms with van der Waals surface area (Å²) in [6.45, 7) is 2.06. The van der Waals surface area contributed by atoms with Crippen LogP contribution in [-0.2, 0) is 12.2 Å². The van der Waals surface area contributed by atoms with E-state index in [2.05, 4.69) is 22.2 Å². The lowest BCUT2D eigenvalue weighted by molar-refractivity contribution is 0.450. The minimum atomic E-state index is -0.0424. The maximum atomic E-state index is 9.93. The lowest BCUT2D eigenvalue weighted by atomic mass is 10.2. The van der Waals surface area contributed by atoms with E-state index in [0.717, 1.165) is 24.2 Å². The molecule has 0 unspecified atom stereocenters. The molecule has 140 valence electrons. The van der Waals surface area contributed by atoms with Crippen LogP contribution in [0, 0.1) is 0 Å². The van der Waals surface area contributed by atoms with Crippen LogP contribution in [0.2, 0.25) is 5.02 Å². The van der Waals surface area contributed by atoms with E-state index < -0.39 is 0 Å². The molecule has 0 aliphatic carbocycles. The molecule has 2 aromatic carbocycles. The zero-order valence-corrected chi connectivity index (χ0v) is 16.3. The van der Waals surface area contributed by atoms with Gasteiger partial charge in [-0.05, 0) is 36.2 Å². The molecule has 0 fully saturated rings. The molecule has 27 heavy (non-hydrogen) atoms. The normalized spacial score (nSPS) is 11.3. The van der Waals surface area contributed by atoms with Crippen LogP contribution in [0.5, 0.6) is 11.5 Å². The number of hydrogen-bond acceptors (Lipinski definition) is 6. The summed E-state index contributed by atoms with van der Waals surface area (Å²) in [6, 6.07) is 12.0. The smallest absolute Gasteiger partial charge is 0.212 e. The van der Waals surface area contributed by atoms with E-state index in [1.54, 1.807) is 10.7 Å². The van der Waals surface area contributed by atoms with Crippen molar-refractivity contribution in [3.8, 4) is 11.5 Å². The van der Waals surface area contributed by atoms with E-state index in [0.29, 0.717) is 21.5 Å². The number of rotatable bonds is 7. The van der Waals surface area contributed by atoms with E-state index in [4.69, 9.17) is 11.6 Å². The van der Waals surface area contributed by atoms with E-state index in [1.165, 1.54) is 30.1 Å². The number of hydrogen-bond donors (Lipinski definition) is 2. The SMILES string of the molecule is CCCc1nnc(SCc2ccc(Cl)cc2)n1/N=C/c1ccc(O)cc1O. The molecule has 2 N–H and O–H groups in total. The van der Waals surface area contributed by atoms with E-state index >= 15 is 0 Å². The lowest BCUT2D eigenvalue weighted by Gasteiger charge is -2.05. The van der Waals surface area contributed by atoms with Gasteiger partial charge in [0, 0.05) is 28.8 Å². The molecule has 0 atom stereocenters. The maximum absolute atomic E-state index is 9.93. The Balaban J connectivity index is 1.82. The topological polar surface area (TPSA) is 83.5 Å². The van der Waals surface area contributed by atoms with Crippen LogP contribution in [0.4, 0.5) is 0 Å². The van der Waals surface area contributed by atoms with Gasteiger partial charge in [-0.2, -0.15) is 9.78 Å². The molecular formula is C19H19ClN4O2S. The van der Waals surface area contributed by atoms with Crippen molar-refractivity contribution in [2.45, 2.75) is 30.7 Å². The predicted octanol–water partition coefficient (Wildman–Crippen LogP) is 4.47. The Labute approximate surface area is 166 Å². The monoisotopic (exact) mass is 402 g/mol. The summed E-state index contributed by atoms with van der Waals surface area (Å²) in [4.78, 5) is 0. The second-order valence-electron chi connectivity index (χ2n) is 5.86. The average molecular weight is 403 g/mol. The third-order valence-corrected chi connectivity index (χ3v) is 5.00. The Kier molecular flexibility index (Phi) is 6.36. The zero-order valence-electron chi connectivity index (χ0n) is 14.7. The number of halogens is 1. The highest BCUT2D eigenvalue weighted by atomic mass is 35.5. The lowest BCUT2D eigenvalue weighted by Crippen LogP contribution is -2.00. The molecule has 1 heterocycles. The Morgan fingerprint density at radius 2 is 1.93 bits per heavy atom. The molecule has 0 aliphatic heterocycles. The van der Waals surface area contributed by atoms with Gasteiger partial charge in [-0.3, -0.25) is 0 Å². The quantitative estimate of drug-likeness (QED) is 0.450. The molecule has 0 radical (unpaired) electrons. The predicted molar refractivity (Wildman–Crippen MR) is 108 cm³/mol. The Hall–Kier alpha value is -2.51. The third kappa shape index (κ3) is 5.02. The van der Waals surface area contributed by atoms with E-state index in [9.17, 15) is 10.2 Å². The number of nitrogens with zero attached hydrogens (tertiary/aromatic N) is 4. The number of aromatic hydroxyl groups is 2. The number of aromatic nitrogens is 3. The number of thioether (sulfide) groups is 1. The summed E-state index contributed by atoms with van der Waals surface area (Å²) in [5.41, 5.74) is 1.62. The Morgan fingerprint density at radius 1 is 1.15 bits per heavy atom. The molecule has 0 spiro atoms.